The third-order valence-electron chi connectivity index (χ3n) is 4.05. The molecule has 1 amide bonds. The minimum Gasteiger partial charge on any atom is -0.358 e. The molecule has 1 aromatic heterocycles. The Bertz CT molecular complexity index is 737. The number of nitrogens with zero attached hydrogens (tertiary/aromatic N) is 3. The van der Waals surface area contributed by atoms with Crippen LogP contribution < -0.4 is 5.32 Å². The van der Waals surface area contributed by atoms with E-state index in [-0.39, 0.29) is 29.5 Å². The Balaban J connectivity index is 1.56. The second kappa shape index (κ2) is 5.79. The summed E-state index contributed by atoms with van der Waals surface area (Å²) in [5.41, 5.74) is 0.883. The molecule has 1 N–H and O–H groups in total. The average Bonchev–Trinajstić information content (AvgIpc) is 3.17. The van der Waals surface area contributed by atoms with Crippen molar-refractivity contribution in [3.05, 3.63) is 58.0 Å². The van der Waals surface area contributed by atoms with Crippen molar-refractivity contribution in [2.24, 2.45) is 0 Å². The first kappa shape index (κ1) is 15.1. The van der Waals surface area contributed by atoms with E-state index >= 15 is 0 Å². The van der Waals surface area contributed by atoms with Gasteiger partial charge in [-0.05, 0) is 35.5 Å². The maximum atomic E-state index is 13.0. The van der Waals surface area contributed by atoms with Crippen LogP contribution in [-0.2, 0) is 16.8 Å². The number of hydrogen-bond donors (Lipinski definition) is 1. The zero-order chi connectivity index (χ0) is 16.4. The summed E-state index contributed by atoms with van der Waals surface area (Å²) < 4.78 is 14.2. The van der Waals surface area contributed by atoms with Gasteiger partial charge in [-0.25, -0.2) is 4.39 Å². The van der Waals surface area contributed by atoms with Gasteiger partial charge in [0.15, 0.2) is 0 Å². The summed E-state index contributed by atoms with van der Waals surface area (Å²) in [6.45, 7) is 0.383. The van der Waals surface area contributed by atoms with Gasteiger partial charge in [0.1, 0.15) is 12.4 Å². The number of carbonyl (C=O) groups is 1. The van der Waals surface area contributed by atoms with E-state index in [2.05, 4.69) is 10.4 Å². The van der Waals surface area contributed by atoms with Crippen LogP contribution in [-0.4, -0.2) is 27.2 Å². The van der Waals surface area contributed by atoms with Crippen LogP contribution in [0.25, 0.3) is 0 Å². The Kier molecular flexibility index (Phi) is 3.81. The van der Waals surface area contributed by atoms with Crippen LogP contribution in [0.15, 0.2) is 36.5 Å². The van der Waals surface area contributed by atoms with E-state index in [1.165, 1.54) is 29.1 Å². The first-order valence-electron chi connectivity index (χ1n) is 7.19. The van der Waals surface area contributed by atoms with E-state index in [0.29, 0.717) is 6.54 Å². The summed E-state index contributed by atoms with van der Waals surface area (Å²) in [6.07, 6.45) is 3.27. The van der Waals surface area contributed by atoms with Crippen LogP contribution in [0.5, 0.6) is 0 Å². The number of nitrogens with one attached hydrogen (secondary N) is 1. The Morgan fingerprint density at radius 2 is 2.04 bits per heavy atom. The van der Waals surface area contributed by atoms with Gasteiger partial charge in [-0.2, -0.15) is 4.68 Å². The summed E-state index contributed by atoms with van der Waals surface area (Å²) in [5.74, 6) is -0.840. The zero-order valence-electron chi connectivity index (χ0n) is 12.2. The second-order valence-corrected chi connectivity index (χ2v) is 5.69. The highest BCUT2D eigenvalue weighted by atomic mass is 19.1. The molecule has 3 rings (SSSR count). The van der Waals surface area contributed by atoms with Gasteiger partial charge in [-0.15, -0.1) is 0 Å². The Labute approximate surface area is 131 Å². The number of hydrogen-bond acceptors (Lipinski definition) is 4. The highest BCUT2D eigenvalue weighted by molar-refractivity contribution is 5.75. The monoisotopic (exact) mass is 318 g/mol. The SMILES string of the molecule is O=C(Cn1ccc([N+](=O)[O-])n1)NCC1(c2ccc(F)cc2)CC1. The largest absolute Gasteiger partial charge is 0.389 e. The molecule has 120 valence electrons. The minimum atomic E-state index is -0.609. The molecule has 0 unspecified atom stereocenters. The number of nitro groups is 1. The minimum absolute atomic E-state index is 0.0761. The lowest BCUT2D eigenvalue weighted by atomic mass is 9.96. The molecular weight excluding hydrogens is 303 g/mol. The van der Waals surface area contributed by atoms with Crippen LogP contribution in [0.4, 0.5) is 10.2 Å². The highest BCUT2D eigenvalue weighted by Crippen LogP contribution is 2.47. The van der Waals surface area contributed by atoms with Gasteiger partial charge >= 0.3 is 5.82 Å². The summed E-state index contributed by atoms with van der Waals surface area (Å²) in [6, 6.07) is 7.56. The van der Waals surface area contributed by atoms with Crippen LogP contribution >= 0.6 is 0 Å². The predicted octanol–water partition coefficient (Wildman–Crippen LogP) is 1.78. The van der Waals surface area contributed by atoms with Gasteiger partial charge < -0.3 is 15.4 Å². The van der Waals surface area contributed by atoms with Gasteiger partial charge in [-0.1, -0.05) is 12.1 Å². The number of benzene rings is 1. The maximum absolute atomic E-state index is 13.0. The molecular formula is C15H15FN4O3. The van der Waals surface area contributed by atoms with Crippen LogP contribution in [0.3, 0.4) is 0 Å². The van der Waals surface area contributed by atoms with Crippen LogP contribution in [0, 0.1) is 15.9 Å². The summed E-state index contributed by atoms with van der Waals surface area (Å²) in [7, 11) is 0. The van der Waals surface area contributed by atoms with Crippen molar-refractivity contribution in [3.8, 4) is 0 Å². The molecule has 0 bridgehead atoms. The van der Waals surface area contributed by atoms with Crippen molar-refractivity contribution in [1.82, 2.24) is 15.1 Å². The summed E-state index contributed by atoms with van der Waals surface area (Å²) in [4.78, 5) is 21.9. The fourth-order valence-corrected chi connectivity index (χ4v) is 2.53. The van der Waals surface area contributed by atoms with Gasteiger partial charge in [0.05, 0.1) is 17.4 Å². The Morgan fingerprint density at radius 1 is 1.35 bits per heavy atom. The van der Waals surface area contributed by atoms with E-state index in [4.69, 9.17) is 0 Å². The van der Waals surface area contributed by atoms with E-state index in [1.54, 1.807) is 12.1 Å². The molecule has 0 radical (unpaired) electrons. The molecule has 1 saturated carbocycles. The first-order valence-corrected chi connectivity index (χ1v) is 7.19. The highest BCUT2D eigenvalue weighted by Gasteiger charge is 2.44. The van der Waals surface area contributed by atoms with Gasteiger partial charge in [0.25, 0.3) is 0 Å². The molecule has 0 atom stereocenters. The van der Waals surface area contributed by atoms with Crippen molar-refractivity contribution in [2.45, 2.75) is 24.8 Å². The van der Waals surface area contributed by atoms with E-state index in [1.807, 2.05) is 0 Å². The summed E-state index contributed by atoms with van der Waals surface area (Å²) >= 11 is 0. The van der Waals surface area contributed by atoms with Gasteiger partial charge in [0.2, 0.25) is 5.91 Å². The molecule has 23 heavy (non-hydrogen) atoms. The van der Waals surface area contributed by atoms with Crippen molar-refractivity contribution in [2.75, 3.05) is 6.54 Å². The maximum Gasteiger partial charge on any atom is 0.389 e. The number of amides is 1. The third-order valence-corrected chi connectivity index (χ3v) is 4.05. The lowest BCUT2D eigenvalue weighted by Gasteiger charge is -2.16. The molecule has 8 heteroatoms. The predicted molar refractivity (Wildman–Crippen MR) is 79.2 cm³/mol. The van der Waals surface area contributed by atoms with Crippen molar-refractivity contribution in [3.63, 3.8) is 0 Å². The third kappa shape index (κ3) is 3.36. The van der Waals surface area contributed by atoms with Crippen LogP contribution in [0.1, 0.15) is 18.4 Å². The molecule has 0 saturated heterocycles. The molecule has 0 spiro atoms. The van der Waals surface area contributed by atoms with Crippen LogP contribution in [0.2, 0.25) is 0 Å². The molecule has 2 aromatic rings. The molecule has 1 heterocycles. The topological polar surface area (TPSA) is 90.1 Å². The molecule has 1 fully saturated rings. The number of aromatic nitrogens is 2. The van der Waals surface area contributed by atoms with Gasteiger partial charge in [-0.3, -0.25) is 4.79 Å². The average molecular weight is 318 g/mol. The van der Waals surface area contributed by atoms with Crippen molar-refractivity contribution >= 4 is 11.7 Å². The lowest BCUT2D eigenvalue weighted by molar-refractivity contribution is -0.389. The molecule has 1 aromatic carbocycles. The van der Waals surface area contributed by atoms with E-state index in [0.717, 1.165) is 18.4 Å². The number of rotatable bonds is 6. The summed E-state index contributed by atoms with van der Waals surface area (Å²) in [5, 5.41) is 17.1. The van der Waals surface area contributed by atoms with Crippen molar-refractivity contribution < 1.29 is 14.1 Å². The molecule has 0 aliphatic heterocycles. The molecule has 7 nitrogen and oxygen atoms in total. The second-order valence-electron chi connectivity index (χ2n) is 5.69. The van der Waals surface area contributed by atoms with E-state index in [9.17, 15) is 19.3 Å². The normalized spacial score (nSPS) is 15.2. The smallest absolute Gasteiger partial charge is 0.358 e. The zero-order valence-corrected chi connectivity index (χ0v) is 12.2. The lowest BCUT2D eigenvalue weighted by Crippen LogP contribution is -2.34. The van der Waals surface area contributed by atoms with E-state index < -0.39 is 4.92 Å². The fourth-order valence-electron chi connectivity index (χ4n) is 2.53. The van der Waals surface area contributed by atoms with Gasteiger partial charge in [0, 0.05) is 12.0 Å². The Hall–Kier alpha value is -2.77. The first-order chi connectivity index (χ1) is 11.0. The number of carbonyl (C=O) groups excluding carboxylic acids is 1. The van der Waals surface area contributed by atoms with Crippen molar-refractivity contribution in [1.29, 1.82) is 0 Å². The molecule has 1 aliphatic rings. The molecule has 1 aliphatic carbocycles. The fraction of sp³-hybridized carbons (Fsp3) is 0.333. The quantitative estimate of drug-likeness (QED) is 0.649. The standard InChI is InChI=1S/C15H15FN4O3/c16-12-3-1-11(2-4-12)15(6-7-15)10-17-14(21)9-19-8-5-13(18-19)20(22)23/h1-5,8H,6-7,9-10H2,(H,17,21). The number of halogens is 1. The Morgan fingerprint density at radius 3 is 2.61 bits per heavy atom.